The van der Waals surface area contributed by atoms with Crippen molar-refractivity contribution < 1.29 is 9.90 Å². The number of nitrogens with zero attached hydrogens (tertiary/aromatic N) is 8. The third kappa shape index (κ3) is 5.32. The molecule has 0 unspecified atom stereocenters. The van der Waals surface area contributed by atoms with Crippen LogP contribution in [0.2, 0.25) is 0 Å². The average molecular weight is 438 g/mol. The van der Waals surface area contributed by atoms with E-state index in [0.717, 1.165) is 37.2 Å². The highest BCUT2D eigenvalue weighted by Crippen LogP contribution is 2.20. The number of allylic oxidation sites excluding steroid dienone is 2. The lowest BCUT2D eigenvalue weighted by atomic mass is 9.97. The summed E-state index contributed by atoms with van der Waals surface area (Å²) in [6, 6.07) is 0. The Morgan fingerprint density at radius 2 is 2.22 bits per heavy atom. The van der Waals surface area contributed by atoms with Crippen LogP contribution in [0.3, 0.4) is 0 Å². The minimum atomic E-state index is -0.769. The molecule has 4 rings (SSSR count). The Balaban J connectivity index is 1.52. The molecule has 0 aliphatic carbocycles. The summed E-state index contributed by atoms with van der Waals surface area (Å²) in [5, 5.41) is 24.8. The molecule has 1 aliphatic rings. The molecule has 168 valence electrons. The maximum Gasteiger partial charge on any atom is 0.303 e. The van der Waals surface area contributed by atoms with E-state index in [4.69, 9.17) is 10.8 Å². The predicted octanol–water partition coefficient (Wildman–Crippen LogP) is 1.40. The fourth-order valence-corrected chi connectivity index (χ4v) is 3.53. The Bertz CT molecular complexity index is 1130. The Kier molecular flexibility index (Phi) is 6.80. The Morgan fingerprint density at radius 3 is 3.06 bits per heavy atom. The molecule has 0 spiro atoms. The first kappa shape index (κ1) is 21.6. The van der Waals surface area contributed by atoms with Crippen LogP contribution in [0, 0.1) is 5.92 Å². The number of carboxylic acid groups (broad SMARTS) is 1. The standard InChI is InChI=1S/C20H26N10O2/c21-6-2-8-29-13-16(11-24-29)30-19-17(27-28-30)12-23-20(26-19)25-15-9-14(5-7-22-10-15)3-1-4-18(31)32/h9-14H,1-8,21H2,(H,31,32)(H,23,25,26)/t14-/m0/s1. The lowest BCUT2D eigenvalue weighted by Crippen LogP contribution is -2.08. The number of anilines is 1. The monoisotopic (exact) mass is 438 g/mol. The van der Waals surface area contributed by atoms with Gasteiger partial charge in [-0.05, 0) is 38.1 Å². The quantitative estimate of drug-likeness (QED) is 0.424. The smallest absolute Gasteiger partial charge is 0.303 e. The van der Waals surface area contributed by atoms with Crippen LogP contribution in [-0.2, 0) is 11.3 Å². The van der Waals surface area contributed by atoms with Crippen LogP contribution in [-0.4, -0.2) is 65.1 Å². The topological polar surface area (TPSA) is 162 Å². The van der Waals surface area contributed by atoms with E-state index in [1.165, 1.54) is 0 Å². The van der Waals surface area contributed by atoms with Crippen molar-refractivity contribution in [3.8, 4) is 5.69 Å². The molecule has 4 N–H and O–H groups in total. The van der Waals surface area contributed by atoms with Gasteiger partial charge >= 0.3 is 5.97 Å². The first-order chi connectivity index (χ1) is 15.6. The van der Waals surface area contributed by atoms with Crippen molar-refractivity contribution in [2.24, 2.45) is 16.6 Å². The van der Waals surface area contributed by atoms with Crippen molar-refractivity contribution in [3.63, 3.8) is 0 Å². The number of carbonyl (C=O) groups is 1. The van der Waals surface area contributed by atoms with Gasteiger partial charge < -0.3 is 16.2 Å². The summed E-state index contributed by atoms with van der Waals surface area (Å²) >= 11 is 0. The molecule has 12 nitrogen and oxygen atoms in total. The summed E-state index contributed by atoms with van der Waals surface area (Å²) in [7, 11) is 0. The lowest BCUT2D eigenvalue weighted by Gasteiger charge is -2.11. The van der Waals surface area contributed by atoms with Gasteiger partial charge in [0.1, 0.15) is 5.69 Å². The summed E-state index contributed by atoms with van der Waals surface area (Å²) in [4.78, 5) is 24.1. The molecule has 0 amide bonds. The van der Waals surface area contributed by atoms with E-state index in [0.29, 0.717) is 36.6 Å². The van der Waals surface area contributed by atoms with Crippen LogP contribution in [0.4, 0.5) is 5.95 Å². The van der Waals surface area contributed by atoms with Gasteiger partial charge in [0.2, 0.25) is 5.95 Å². The molecule has 3 aromatic rings. The number of nitrogens with two attached hydrogens (primary N) is 1. The largest absolute Gasteiger partial charge is 0.481 e. The third-order valence-corrected chi connectivity index (χ3v) is 5.14. The maximum atomic E-state index is 10.8. The summed E-state index contributed by atoms with van der Waals surface area (Å²) in [5.41, 5.74) is 8.24. The third-order valence-electron chi connectivity index (χ3n) is 5.14. The predicted molar refractivity (Wildman–Crippen MR) is 119 cm³/mol. The van der Waals surface area contributed by atoms with Crippen molar-refractivity contribution in [3.05, 3.63) is 30.4 Å². The Labute approximate surface area is 184 Å². The lowest BCUT2D eigenvalue weighted by molar-refractivity contribution is -0.137. The zero-order chi connectivity index (χ0) is 22.3. The molecule has 0 saturated carbocycles. The Morgan fingerprint density at radius 1 is 1.31 bits per heavy atom. The molecular formula is C20H26N10O2. The molecule has 0 radical (unpaired) electrons. The van der Waals surface area contributed by atoms with Crippen molar-refractivity contribution in [1.29, 1.82) is 0 Å². The number of aliphatic carboxylic acids is 1. The van der Waals surface area contributed by atoms with Crippen molar-refractivity contribution in [2.75, 3.05) is 18.4 Å². The molecule has 0 bridgehead atoms. The van der Waals surface area contributed by atoms with Crippen molar-refractivity contribution in [2.45, 2.75) is 38.6 Å². The number of hydrogen-bond acceptors (Lipinski definition) is 9. The SMILES string of the molecule is NCCCn1cc(-n2nnc3cnc(NC4=C[C@@H](CCCC(=O)O)CCN=C4)nc32)cn1. The molecule has 32 heavy (non-hydrogen) atoms. The number of hydrogen-bond donors (Lipinski definition) is 3. The van der Waals surface area contributed by atoms with Crippen LogP contribution in [0.1, 0.15) is 32.1 Å². The zero-order valence-corrected chi connectivity index (χ0v) is 17.6. The van der Waals surface area contributed by atoms with Crippen LogP contribution in [0.15, 0.2) is 35.4 Å². The van der Waals surface area contributed by atoms with Crippen LogP contribution in [0.25, 0.3) is 16.9 Å². The fraction of sp³-hybridized carbons (Fsp3) is 0.450. The van der Waals surface area contributed by atoms with Gasteiger partial charge in [0.15, 0.2) is 11.2 Å². The minimum absolute atomic E-state index is 0.174. The van der Waals surface area contributed by atoms with Crippen LogP contribution < -0.4 is 11.1 Å². The normalized spacial score (nSPS) is 16.2. The molecule has 1 atom stereocenters. The number of nitrogens with one attached hydrogen (secondary N) is 1. The van der Waals surface area contributed by atoms with E-state index in [-0.39, 0.29) is 12.3 Å². The second-order valence-corrected chi connectivity index (χ2v) is 7.62. The fourth-order valence-electron chi connectivity index (χ4n) is 3.53. The Hall–Kier alpha value is -3.67. The van der Waals surface area contributed by atoms with Crippen LogP contribution >= 0.6 is 0 Å². The van der Waals surface area contributed by atoms with Gasteiger partial charge in [0.25, 0.3) is 0 Å². The highest BCUT2D eigenvalue weighted by atomic mass is 16.4. The summed E-state index contributed by atoms with van der Waals surface area (Å²) in [5.74, 6) is -0.121. The van der Waals surface area contributed by atoms with E-state index >= 15 is 0 Å². The number of fused-ring (bicyclic) bond motifs is 1. The van der Waals surface area contributed by atoms with Gasteiger partial charge in [0.05, 0.1) is 24.3 Å². The van der Waals surface area contributed by atoms with E-state index in [1.807, 2.05) is 10.9 Å². The van der Waals surface area contributed by atoms with E-state index in [1.54, 1.807) is 23.3 Å². The van der Waals surface area contributed by atoms with E-state index < -0.39 is 5.97 Å². The molecule has 0 saturated heterocycles. The molecule has 1 aliphatic heterocycles. The number of aryl methyl sites for hydroxylation is 1. The van der Waals surface area contributed by atoms with Gasteiger partial charge in [-0.1, -0.05) is 11.3 Å². The van der Waals surface area contributed by atoms with E-state index in [9.17, 15) is 4.79 Å². The molecule has 4 heterocycles. The first-order valence-electron chi connectivity index (χ1n) is 10.6. The highest BCUT2D eigenvalue weighted by Gasteiger charge is 2.14. The van der Waals surface area contributed by atoms with Gasteiger partial charge in [-0.2, -0.15) is 14.8 Å². The number of rotatable bonds is 10. The minimum Gasteiger partial charge on any atom is -0.481 e. The van der Waals surface area contributed by atoms with Crippen molar-refractivity contribution in [1.82, 2.24) is 34.7 Å². The summed E-state index contributed by atoms with van der Waals surface area (Å²) in [6.07, 6.45) is 12.4. The van der Waals surface area contributed by atoms with Crippen LogP contribution in [0.5, 0.6) is 0 Å². The molecule has 0 fully saturated rings. The van der Waals surface area contributed by atoms with Gasteiger partial charge in [0, 0.05) is 25.7 Å². The molecule has 3 aromatic heterocycles. The summed E-state index contributed by atoms with van der Waals surface area (Å²) in [6.45, 7) is 2.03. The average Bonchev–Trinajstić information content (AvgIpc) is 3.34. The number of carboxylic acids is 1. The first-order valence-corrected chi connectivity index (χ1v) is 10.6. The van der Waals surface area contributed by atoms with Gasteiger partial charge in [-0.3, -0.25) is 14.5 Å². The molecule has 12 heteroatoms. The second kappa shape index (κ2) is 10.1. The highest BCUT2D eigenvalue weighted by molar-refractivity contribution is 5.83. The van der Waals surface area contributed by atoms with Gasteiger partial charge in [-0.25, -0.2) is 4.98 Å². The number of aromatic nitrogens is 7. The van der Waals surface area contributed by atoms with E-state index in [2.05, 4.69) is 41.8 Å². The second-order valence-electron chi connectivity index (χ2n) is 7.62. The summed E-state index contributed by atoms with van der Waals surface area (Å²) < 4.78 is 3.44. The maximum absolute atomic E-state index is 10.8. The molecule has 0 aromatic carbocycles. The van der Waals surface area contributed by atoms with Gasteiger partial charge in [-0.15, -0.1) is 5.10 Å². The molecular weight excluding hydrogens is 412 g/mol. The van der Waals surface area contributed by atoms with Crippen molar-refractivity contribution >= 4 is 29.3 Å². The zero-order valence-electron chi connectivity index (χ0n) is 17.6. The number of aliphatic imine (C=N–C) groups is 1.